The number of amides is 2. The molecule has 33 heavy (non-hydrogen) atoms. The van der Waals surface area contributed by atoms with Gasteiger partial charge in [-0.1, -0.05) is 70.9 Å². The van der Waals surface area contributed by atoms with Crippen LogP contribution >= 0.6 is 0 Å². The highest BCUT2D eigenvalue weighted by Crippen LogP contribution is 2.33. The predicted molar refractivity (Wildman–Crippen MR) is 133 cm³/mol. The molecule has 1 fully saturated rings. The van der Waals surface area contributed by atoms with Crippen LogP contribution in [0.25, 0.3) is 5.57 Å². The number of methoxy groups -OCH3 is 1. The molecule has 1 aromatic carbocycles. The Kier molecular flexibility index (Phi) is 9.79. The van der Waals surface area contributed by atoms with Gasteiger partial charge in [-0.3, -0.25) is 14.5 Å². The number of rotatable bonds is 13. The summed E-state index contributed by atoms with van der Waals surface area (Å²) in [5.74, 6) is 0.463. The van der Waals surface area contributed by atoms with Crippen LogP contribution in [-0.4, -0.2) is 72.9 Å². The fourth-order valence-electron chi connectivity index (χ4n) is 4.77. The maximum atomic E-state index is 13.5. The molecule has 2 aliphatic heterocycles. The second-order valence-corrected chi connectivity index (χ2v) is 9.11. The van der Waals surface area contributed by atoms with Crippen molar-refractivity contribution in [2.75, 3.05) is 46.4 Å². The van der Waals surface area contributed by atoms with Gasteiger partial charge in [0.05, 0.1) is 12.7 Å². The van der Waals surface area contributed by atoms with Gasteiger partial charge in [-0.2, -0.15) is 0 Å². The molecule has 0 aromatic heterocycles. The Morgan fingerprint density at radius 3 is 1.97 bits per heavy atom. The van der Waals surface area contributed by atoms with Gasteiger partial charge < -0.3 is 14.5 Å². The summed E-state index contributed by atoms with van der Waals surface area (Å²) in [5, 5.41) is 0. The number of unbranched alkanes of at least 4 members (excludes halogenated alkanes) is 7. The highest BCUT2D eigenvalue weighted by molar-refractivity contribution is 6.35. The van der Waals surface area contributed by atoms with Crippen molar-refractivity contribution in [3.8, 4) is 5.75 Å². The van der Waals surface area contributed by atoms with E-state index in [2.05, 4.69) is 23.6 Å². The monoisotopic (exact) mass is 455 g/mol. The number of ether oxygens (including phenoxy) is 1. The van der Waals surface area contributed by atoms with Crippen LogP contribution in [0.2, 0.25) is 0 Å². The molecule has 2 amide bonds. The Bertz CT molecular complexity index is 810. The molecular weight excluding hydrogens is 414 g/mol. The standard InChI is InChI=1S/C27H41N3O3/c1-4-6-7-8-9-10-11-12-17-30-26(31)24(22-13-15-23(33-3)16-14-22)25(27(30)32)29-20-18-28(5-2)19-21-29/h13-16H,4-12,17-21H2,1-3H3. The molecule has 0 atom stereocenters. The molecular formula is C27H41N3O3. The molecule has 1 saturated heterocycles. The summed E-state index contributed by atoms with van der Waals surface area (Å²) >= 11 is 0. The van der Waals surface area contributed by atoms with E-state index in [-0.39, 0.29) is 11.8 Å². The van der Waals surface area contributed by atoms with Gasteiger partial charge in [0.1, 0.15) is 11.4 Å². The first-order chi connectivity index (χ1) is 16.1. The van der Waals surface area contributed by atoms with Crippen molar-refractivity contribution in [1.29, 1.82) is 0 Å². The lowest BCUT2D eigenvalue weighted by Crippen LogP contribution is -2.47. The highest BCUT2D eigenvalue weighted by Gasteiger charge is 2.41. The number of piperazine rings is 1. The minimum Gasteiger partial charge on any atom is -0.497 e. The number of carbonyl (C=O) groups excluding carboxylic acids is 2. The first kappa shape index (κ1) is 25.3. The normalized spacial score (nSPS) is 17.4. The number of likely N-dealkylation sites (N-methyl/N-ethyl adjacent to an activating group) is 1. The van der Waals surface area contributed by atoms with Crippen LogP contribution in [0.4, 0.5) is 0 Å². The van der Waals surface area contributed by atoms with Gasteiger partial charge in [0.25, 0.3) is 11.8 Å². The third-order valence-corrected chi connectivity index (χ3v) is 6.89. The Labute approximate surface area is 199 Å². The second kappa shape index (κ2) is 12.8. The third-order valence-electron chi connectivity index (χ3n) is 6.89. The van der Waals surface area contributed by atoms with Crippen LogP contribution in [0.5, 0.6) is 5.75 Å². The molecule has 0 N–H and O–H groups in total. The minimum atomic E-state index is -0.152. The summed E-state index contributed by atoms with van der Waals surface area (Å²) in [6.07, 6.45) is 9.51. The minimum absolute atomic E-state index is 0.126. The third kappa shape index (κ3) is 6.38. The summed E-state index contributed by atoms with van der Waals surface area (Å²) in [7, 11) is 1.63. The van der Waals surface area contributed by atoms with Crippen molar-refractivity contribution in [2.45, 2.75) is 65.2 Å². The van der Waals surface area contributed by atoms with Gasteiger partial charge >= 0.3 is 0 Å². The van der Waals surface area contributed by atoms with Crippen molar-refractivity contribution in [3.05, 3.63) is 35.5 Å². The number of carbonyl (C=O) groups is 2. The number of nitrogens with zero attached hydrogens (tertiary/aromatic N) is 3. The van der Waals surface area contributed by atoms with E-state index in [0.717, 1.165) is 56.9 Å². The van der Waals surface area contributed by atoms with Crippen LogP contribution in [0, 0.1) is 0 Å². The number of imide groups is 1. The Morgan fingerprint density at radius 2 is 1.39 bits per heavy atom. The first-order valence-corrected chi connectivity index (χ1v) is 12.8. The summed E-state index contributed by atoms with van der Waals surface area (Å²) in [4.78, 5) is 32.9. The Morgan fingerprint density at radius 1 is 0.788 bits per heavy atom. The summed E-state index contributed by atoms with van der Waals surface area (Å²) in [6.45, 7) is 9.27. The van der Waals surface area contributed by atoms with E-state index in [9.17, 15) is 9.59 Å². The zero-order chi connectivity index (χ0) is 23.6. The molecule has 0 saturated carbocycles. The molecule has 0 aliphatic carbocycles. The molecule has 6 nitrogen and oxygen atoms in total. The summed E-state index contributed by atoms with van der Waals surface area (Å²) < 4.78 is 5.28. The van der Waals surface area contributed by atoms with E-state index in [1.807, 2.05) is 24.3 Å². The van der Waals surface area contributed by atoms with Crippen molar-refractivity contribution < 1.29 is 14.3 Å². The maximum absolute atomic E-state index is 13.5. The summed E-state index contributed by atoms with van der Waals surface area (Å²) in [5.41, 5.74) is 1.92. The van der Waals surface area contributed by atoms with E-state index in [1.165, 1.54) is 43.4 Å². The Balaban J connectivity index is 1.69. The van der Waals surface area contributed by atoms with Crippen molar-refractivity contribution in [2.24, 2.45) is 0 Å². The topological polar surface area (TPSA) is 53.1 Å². The number of hydrogen-bond donors (Lipinski definition) is 0. The van der Waals surface area contributed by atoms with E-state index in [1.54, 1.807) is 7.11 Å². The highest BCUT2D eigenvalue weighted by atomic mass is 16.5. The predicted octanol–water partition coefficient (Wildman–Crippen LogP) is 4.55. The largest absolute Gasteiger partial charge is 0.497 e. The van der Waals surface area contributed by atoms with Crippen molar-refractivity contribution >= 4 is 17.4 Å². The lowest BCUT2D eigenvalue weighted by Gasteiger charge is -2.36. The molecule has 2 heterocycles. The molecule has 182 valence electrons. The van der Waals surface area contributed by atoms with Crippen molar-refractivity contribution in [1.82, 2.24) is 14.7 Å². The maximum Gasteiger partial charge on any atom is 0.277 e. The molecule has 1 aromatic rings. The first-order valence-electron chi connectivity index (χ1n) is 12.8. The van der Waals surface area contributed by atoms with Gasteiger partial charge in [-0.05, 0) is 30.7 Å². The average molecular weight is 456 g/mol. The van der Waals surface area contributed by atoms with Crippen molar-refractivity contribution in [3.63, 3.8) is 0 Å². The molecule has 0 radical (unpaired) electrons. The SMILES string of the molecule is CCCCCCCCCCN1C(=O)C(c2ccc(OC)cc2)=C(N2CCN(CC)CC2)C1=O. The van der Waals surface area contributed by atoms with E-state index in [4.69, 9.17) is 4.74 Å². The number of benzene rings is 1. The molecule has 0 bridgehead atoms. The van der Waals surface area contributed by atoms with E-state index in [0.29, 0.717) is 17.8 Å². The fraction of sp³-hybridized carbons (Fsp3) is 0.630. The van der Waals surface area contributed by atoms with Gasteiger partial charge in [-0.25, -0.2) is 0 Å². The van der Waals surface area contributed by atoms with Gasteiger partial charge in [0, 0.05) is 32.7 Å². The molecule has 6 heteroatoms. The zero-order valence-corrected chi connectivity index (χ0v) is 20.8. The lowest BCUT2D eigenvalue weighted by molar-refractivity contribution is -0.137. The van der Waals surface area contributed by atoms with Gasteiger partial charge in [0.2, 0.25) is 0 Å². The van der Waals surface area contributed by atoms with Crippen LogP contribution in [0.15, 0.2) is 30.0 Å². The molecule has 0 unspecified atom stereocenters. The van der Waals surface area contributed by atoms with Gasteiger partial charge in [0.15, 0.2) is 0 Å². The van der Waals surface area contributed by atoms with Crippen LogP contribution in [0.1, 0.15) is 70.8 Å². The summed E-state index contributed by atoms with van der Waals surface area (Å²) in [6, 6.07) is 7.49. The molecule has 2 aliphatic rings. The van der Waals surface area contributed by atoms with Crippen LogP contribution in [-0.2, 0) is 9.59 Å². The van der Waals surface area contributed by atoms with E-state index >= 15 is 0 Å². The quantitative estimate of drug-likeness (QED) is 0.323. The van der Waals surface area contributed by atoms with Crippen LogP contribution < -0.4 is 4.74 Å². The van der Waals surface area contributed by atoms with Gasteiger partial charge in [-0.15, -0.1) is 0 Å². The zero-order valence-electron chi connectivity index (χ0n) is 20.8. The smallest absolute Gasteiger partial charge is 0.277 e. The Hall–Kier alpha value is -2.34. The molecule has 3 rings (SSSR count). The molecule has 0 spiro atoms. The second-order valence-electron chi connectivity index (χ2n) is 9.11. The number of hydrogen-bond acceptors (Lipinski definition) is 5. The average Bonchev–Trinajstić information content (AvgIpc) is 3.10. The van der Waals surface area contributed by atoms with E-state index < -0.39 is 0 Å². The lowest BCUT2D eigenvalue weighted by atomic mass is 10.0. The fourth-order valence-corrected chi connectivity index (χ4v) is 4.77. The van der Waals surface area contributed by atoms with Crippen LogP contribution in [0.3, 0.4) is 0 Å².